The van der Waals surface area contributed by atoms with Gasteiger partial charge in [0.2, 0.25) is 5.95 Å². The van der Waals surface area contributed by atoms with Crippen molar-refractivity contribution in [2.45, 2.75) is 38.1 Å². The molecule has 0 spiro atoms. The second kappa shape index (κ2) is 11.8. The number of methoxy groups -OCH3 is 1. The molecule has 0 amide bonds. The van der Waals surface area contributed by atoms with Gasteiger partial charge < -0.3 is 15.0 Å². The van der Waals surface area contributed by atoms with Crippen molar-refractivity contribution in [3.05, 3.63) is 88.0 Å². The Morgan fingerprint density at radius 3 is 2.38 bits per heavy atom. The molecule has 0 bridgehead atoms. The van der Waals surface area contributed by atoms with Crippen LogP contribution in [-0.4, -0.2) is 73.6 Å². The average Bonchev–Trinajstić information content (AvgIpc) is 3.50. The largest absolute Gasteiger partial charge is 0.494 e. The third-order valence-electron chi connectivity index (χ3n) is 9.05. The van der Waals surface area contributed by atoms with E-state index in [1.165, 1.54) is 20.8 Å². The molecule has 0 radical (unpaired) electrons. The van der Waals surface area contributed by atoms with Crippen LogP contribution in [0.2, 0.25) is 0 Å². The van der Waals surface area contributed by atoms with Crippen molar-refractivity contribution >= 4 is 49.7 Å². The molecule has 47 heavy (non-hydrogen) atoms. The number of halogens is 1. The number of ether oxygens (including phenoxy) is 1. The zero-order valence-electron chi connectivity index (χ0n) is 26.7. The van der Waals surface area contributed by atoms with Crippen LogP contribution >= 0.6 is 0 Å². The van der Waals surface area contributed by atoms with Gasteiger partial charge in [-0.1, -0.05) is 17.7 Å². The van der Waals surface area contributed by atoms with E-state index in [9.17, 15) is 17.6 Å². The maximum Gasteiger partial charge on any atom is 0.268 e. The van der Waals surface area contributed by atoms with Crippen LogP contribution in [0, 0.1) is 12.7 Å². The van der Waals surface area contributed by atoms with Gasteiger partial charge in [0.1, 0.15) is 17.2 Å². The SMILES string of the molecule is COc1cc(N2CCN(C(C)C)CC2)ccc1Nc1nc2c(c3nc4ccc(F)cc4c(=O)n13)CCN2S(=O)(=O)c1ccc(C)cc1. The minimum atomic E-state index is -3.98. The molecule has 0 aliphatic carbocycles. The predicted octanol–water partition coefficient (Wildman–Crippen LogP) is 4.72. The second-order valence-corrected chi connectivity index (χ2v) is 14.1. The van der Waals surface area contributed by atoms with Crippen LogP contribution in [0.15, 0.2) is 70.4 Å². The molecule has 2 aliphatic rings. The normalized spacial score (nSPS) is 15.5. The first-order chi connectivity index (χ1) is 22.5. The van der Waals surface area contributed by atoms with Crippen molar-refractivity contribution in [3.8, 4) is 5.75 Å². The van der Waals surface area contributed by atoms with Crippen LogP contribution < -0.4 is 24.8 Å². The number of sulfonamides is 1. The fourth-order valence-electron chi connectivity index (χ4n) is 6.38. The van der Waals surface area contributed by atoms with Gasteiger partial charge in [0, 0.05) is 56.1 Å². The molecular weight excluding hydrogens is 621 g/mol. The maximum atomic E-state index is 14.3. The molecule has 1 N–H and O–H groups in total. The summed E-state index contributed by atoms with van der Waals surface area (Å²) in [7, 11) is -2.42. The smallest absolute Gasteiger partial charge is 0.268 e. The number of benzene rings is 3. The molecule has 1 saturated heterocycles. The highest BCUT2D eigenvalue weighted by Gasteiger charge is 2.35. The zero-order chi connectivity index (χ0) is 33.0. The van der Waals surface area contributed by atoms with E-state index < -0.39 is 21.4 Å². The molecule has 1 fully saturated rings. The summed E-state index contributed by atoms with van der Waals surface area (Å²) in [6.07, 6.45) is 0.290. The van der Waals surface area contributed by atoms with E-state index >= 15 is 0 Å². The van der Waals surface area contributed by atoms with Crippen molar-refractivity contribution in [2.24, 2.45) is 0 Å². The van der Waals surface area contributed by atoms with Gasteiger partial charge in [0.15, 0.2) is 5.82 Å². The average molecular weight is 658 g/mol. The van der Waals surface area contributed by atoms with E-state index in [1.807, 2.05) is 25.1 Å². The van der Waals surface area contributed by atoms with E-state index in [-0.39, 0.29) is 34.2 Å². The third-order valence-corrected chi connectivity index (χ3v) is 10.8. The van der Waals surface area contributed by atoms with Gasteiger partial charge in [-0.3, -0.25) is 9.69 Å². The summed E-state index contributed by atoms with van der Waals surface area (Å²) in [6, 6.07) is 16.7. The lowest BCUT2D eigenvalue weighted by molar-refractivity contribution is 0.209. The van der Waals surface area contributed by atoms with Crippen molar-refractivity contribution in [1.29, 1.82) is 0 Å². The van der Waals surface area contributed by atoms with Gasteiger partial charge in [-0.15, -0.1) is 0 Å². The number of hydrogen-bond donors (Lipinski definition) is 1. The van der Waals surface area contributed by atoms with Crippen molar-refractivity contribution < 1.29 is 17.5 Å². The minimum Gasteiger partial charge on any atom is -0.494 e. The van der Waals surface area contributed by atoms with Crippen LogP contribution in [0.25, 0.3) is 16.6 Å². The molecule has 0 unspecified atom stereocenters. The van der Waals surface area contributed by atoms with Crippen LogP contribution in [-0.2, 0) is 16.4 Å². The van der Waals surface area contributed by atoms with Crippen LogP contribution in [0.4, 0.5) is 27.5 Å². The molecule has 0 atom stereocenters. The Balaban J connectivity index is 1.35. The van der Waals surface area contributed by atoms with E-state index in [4.69, 9.17) is 14.7 Å². The van der Waals surface area contributed by atoms with Gasteiger partial charge >= 0.3 is 0 Å². The first-order valence-electron chi connectivity index (χ1n) is 15.6. The summed E-state index contributed by atoms with van der Waals surface area (Å²) in [5.74, 6) is 0.160. The van der Waals surface area contributed by atoms with E-state index in [0.717, 1.165) is 43.5 Å². The molecule has 11 nitrogen and oxygen atoms in total. The Bertz CT molecular complexity index is 2180. The summed E-state index contributed by atoms with van der Waals surface area (Å²) in [4.78, 5) is 28.4. The molecule has 2 aromatic heterocycles. The molecule has 13 heteroatoms. The molecule has 4 heterocycles. The molecule has 7 rings (SSSR count). The van der Waals surface area contributed by atoms with Crippen LogP contribution in [0.1, 0.15) is 25.0 Å². The topological polar surface area (TPSA) is 112 Å². The summed E-state index contributed by atoms with van der Waals surface area (Å²) in [5.41, 5.74) is 2.99. The van der Waals surface area contributed by atoms with Gasteiger partial charge in [-0.2, -0.15) is 4.98 Å². The fraction of sp³-hybridized carbons (Fsp3) is 0.324. The Kier molecular flexibility index (Phi) is 7.75. The molecular formula is C34H36FN7O4S. The van der Waals surface area contributed by atoms with Gasteiger partial charge in [0.05, 0.1) is 28.6 Å². The first kappa shape index (κ1) is 30.9. The number of hydrogen-bond acceptors (Lipinski definition) is 9. The van der Waals surface area contributed by atoms with E-state index in [0.29, 0.717) is 35.0 Å². The summed E-state index contributed by atoms with van der Waals surface area (Å²) >= 11 is 0. The lowest BCUT2D eigenvalue weighted by Gasteiger charge is -2.38. The number of aryl methyl sites for hydroxylation is 1. The van der Waals surface area contributed by atoms with Crippen LogP contribution in [0.3, 0.4) is 0 Å². The highest BCUT2D eigenvalue weighted by molar-refractivity contribution is 7.92. The fourth-order valence-corrected chi connectivity index (χ4v) is 7.82. The number of fused-ring (bicyclic) bond motifs is 4. The summed E-state index contributed by atoms with van der Waals surface area (Å²) < 4.78 is 50.4. The summed E-state index contributed by atoms with van der Waals surface area (Å²) in [6.45, 7) is 10.1. The molecule has 0 saturated carbocycles. The van der Waals surface area contributed by atoms with E-state index in [1.54, 1.807) is 31.4 Å². The number of aromatic nitrogens is 3. The second-order valence-electron chi connectivity index (χ2n) is 12.2. The quantitative estimate of drug-likeness (QED) is 0.249. The number of anilines is 4. The Hall–Kier alpha value is -4.75. The minimum absolute atomic E-state index is 0.0324. The lowest BCUT2D eigenvalue weighted by atomic mass is 10.2. The maximum absolute atomic E-state index is 14.3. The van der Waals surface area contributed by atoms with Crippen molar-refractivity contribution in [1.82, 2.24) is 19.3 Å². The number of rotatable bonds is 7. The molecule has 244 valence electrons. The van der Waals surface area contributed by atoms with Gasteiger partial charge in [-0.05, 0) is 69.7 Å². The van der Waals surface area contributed by atoms with Gasteiger partial charge in [0.25, 0.3) is 15.6 Å². The number of nitrogens with zero attached hydrogens (tertiary/aromatic N) is 6. The van der Waals surface area contributed by atoms with E-state index in [2.05, 4.69) is 29.0 Å². The number of piperazine rings is 1. The van der Waals surface area contributed by atoms with Crippen molar-refractivity contribution in [2.75, 3.05) is 54.4 Å². The summed E-state index contributed by atoms with van der Waals surface area (Å²) in [5, 5.41) is 3.31. The number of nitrogens with one attached hydrogen (secondary N) is 1. The van der Waals surface area contributed by atoms with Crippen LogP contribution in [0.5, 0.6) is 5.75 Å². The standard InChI is InChI=1S/C34H36FN7O4S/c1-21(2)39-15-17-40(18-16-39)24-8-12-29(30(20-24)46-4)37-34-38-31-26(13-14-41(31)47(44,45)25-9-5-22(3)6-10-25)32-36-28-11-7-23(35)19-27(28)33(43)42(32)34/h5-12,19-21H,13-18H2,1-4H3,(H,37,38). The van der Waals surface area contributed by atoms with Crippen molar-refractivity contribution in [3.63, 3.8) is 0 Å². The molecule has 5 aromatic rings. The first-order valence-corrected chi connectivity index (χ1v) is 17.1. The Labute approximate surface area is 272 Å². The Morgan fingerprint density at radius 2 is 1.68 bits per heavy atom. The predicted molar refractivity (Wildman–Crippen MR) is 181 cm³/mol. The highest BCUT2D eigenvalue weighted by atomic mass is 32.2. The monoisotopic (exact) mass is 657 g/mol. The zero-order valence-corrected chi connectivity index (χ0v) is 27.5. The highest BCUT2D eigenvalue weighted by Crippen LogP contribution is 2.37. The molecule has 2 aliphatic heterocycles. The Morgan fingerprint density at radius 1 is 0.936 bits per heavy atom. The third kappa shape index (κ3) is 5.42. The lowest BCUT2D eigenvalue weighted by Crippen LogP contribution is -2.48. The molecule has 3 aromatic carbocycles. The van der Waals surface area contributed by atoms with Gasteiger partial charge in [-0.25, -0.2) is 26.5 Å².